The molecule has 8 heteroatoms. The number of nitrogens with zero attached hydrogens (tertiary/aromatic N) is 1. The second-order valence-electron chi connectivity index (χ2n) is 19.1. The van der Waals surface area contributed by atoms with Crippen LogP contribution in [0.15, 0.2) is 72.9 Å². The molecule has 0 aromatic heterocycles. The van der Waals surface area contributed by atoms with E-state index in [0.29, 0.717) is 19.3 Å². The van der Waals surface area contributed by atoms with Crippen LogP contribution in [-0.2, 0) is 28.6 Å². The lowest BCUT2D eigenvalue weighted by molar-refractivity contribution is -0.887. The van der Waals surface area contributed by atoms with Crippen molar-refractivity contribution in [1.82, 2.24) is 0 Å². The van der Waals surface area contributed by atoms with Gasteiger partial charge in [0, 0.05) is 19.3 Å². The maximum absolute atomic E-state index is 12.8. The molecule has 0 rings (SSSR count). The zero-order valence-corrected chi connectivity index (χ0v) is 43.4. The molecule has 0 saturated carbocycles. The molecule has 0 aliphatic heterocycles. The zero-order valence-electron chi connectivity index (χ0n) is 43.4. The number of aliphatic carboxylic acids is 1. The van der Waals surface area contributed by atoms with Crippen LogP contribution in [-0.4, -0.2) is 80.6 Å². The highest BCUT2D eigenvalue weighted by molar-refractivity contribution is 5.72. The average Bonchev–Trinajstić information content (AvgIpc) is 3.28. The number of allylic oxidation sites excluding steroid dienone is 12. The molecule has 0 amide bonds. The lowest BCUT2D eigenvalue weighted by atomic mass is 10.1. The minimum absolute atomic E-state index is 0.0497. The van der Waals surface area contributed by atoms with E-state index in [-0.39, 0.29) is 36.2 Å². The van der Waals surface area contributed by atoms with Gasteiger partial charge in [0.15, 0.2) is 12.1 Å². The van der Waals surface area contributed by atoms with Crippen molar-refractivity contribution in [3.63, 3.8) is 0 Å². The Kier molecular flexibility index (Phi) is 45.9. The van der Waals surface area contributed by atoms with E-state index >= 15 is 0 Å². The van der Waals surface area contributed by atoms with Crippen LogP contribution < -0.4 is 0 Å². The fourth-order valence-corrected chi connectivity index (χ4v) is 7.70. The van der Waals surface area contributed by atoms with Gasteiger partial charge in [-0.25, -0.2) is 4.79 Å². The average molecular weight is 925 g/mol. The van der Waals surface area contributed by atoms with Crippen molar-refractivity contribution < 1.29 is 38.2 Å². The van der Waals surface area contributed by atoms with Crippen molar-refractivity contribution in [3.05, 3.63) is 72.9 Å². The normalized spacial score (nSPS) is 13.4. The number of carbonyl (C=O) groups is 3. The van der Waals surface area contributed by atoms with Crippen LogP contribution in [0.25, 0.3) is 0 Å². The van der Waals surface area contributed by atoms with Crippen molar-refractivity contribution in [2.45, 2.75) is 238 Å². The number of unbranched alkanes of at least 4 members (excludes halogenated alkanes) is 22. The van der Waals surface area contributed by atoms with Crippen LogP contribution in [0.1, 0.15) is 226 Å². The number of carboxylic acids is 1. The number of hydrogen-bond acceptors (Lipinski definition) is 6. The molecule has 0 fully saturated rings. The minimum atomic E-state index is -0.880. The highest BCUT2D eigenvalue weighted by Gasteiger charge is 2.31. The summed E-state index contributed by atoms with van der Waals surface area (Å²) in [7, 11) is 5.53. The number of rotatable bonds is 48. The molecule has 0 aliphatic rings. The van der Waals surface area contributed by atoms with Gasteiger partial charge in [0.25, 0.3) is 0 Å². The van der Waals surface area contributed by atoms with Gasteiger partial charge < -0.3 is 23.8 Å². The van der Waals surface area contributed by atoms with E-state index in [1.165, 1.54) is 103 Å². The first kappa shape index (κ1) is 62.8. The highest BCUT2D eigenvalue weighted by atomic mass is 16.6. The summed E-state index contributed by atoms with van der Waals surface area (Å²) in [5, 5.41) is 9.66. The predicted octanol–water partition coefficient (Wildman–Crippen LogP) is 15.9. The van der Waals surface area contributed by atoms with Crippen LogP contribution in [0.4, 0.5) is 0 Å². The van der Waals surface area contributed by atoms with Crippen molar-refractivity contribution >= 4 is 17.9 Å². The third-order valence-corrected chi connectivity index (χ3v) is 11.8. The van der Waals surface area contributed by atoms with Gasteiger partial charge in [-0.3, -0.25) is 9.59 Å². The quantitative estimate of drug-likeness (QED) is 0.0281. The number of quaternary nitrogens is 1. The number of carboxylic acid groups (broad SMARTS) is 1. The van der Waals surface area contributed by atoms with Crippen molar-refractivity contribution in [2.75, 3.05) is 41.0 Å². The van der Waals surface area contributed by atoms with Gasteiger partial charge >= 0.3 is 17.9 Å². The third kappa shape index (κ3) is 45.9. The Hall–Kier alpha value is -3.23. The smallest absolute Gasteiger partial charge is 0.362 e. The lowest BCUT2D eigenvalue weighted by Gasteiger charge is -2.31. The van der Waals surface area contributed by atoms with Crippen LogP contribution in [0, 0.1) is 0 Å². The van der Waals surface area contributed by atoms with Gasteiger partial charge in [-0.05, 0) is 83.5 Å². The first-order chi connectivity index (χ1) is 32.1. The fraction of sp³-hybridized carbons (Fsp3) is 0.741. The Bertz CT molecular complexity index is 1310. The Morgan fingerprint density at radius 3 is 1.26 bits per heavy atom. The summed E-state index contributed by atoms with van der Waals surface area (Å²) in [6.07, 6.45) is 62.4. The number of likely N-dealkylation sites (N-methyl/N-ethyl adjacent to an activating group) is 1. The maximum atomic E-state index is 12.8. The van der Waals surface area contributed by atoms with E-state index in [2.05, 4.69) is 86.8 Å². The van der Waals surface area contributed by atoms with E-state index in [1.54, 1.807) is 0 Å². The third-order valence-electron chi connectivity index (χ3n) is 11.8. The second kappa shape index (κ2) is 48.2. The van der Waals surface area contributed by atoms with Gasteiger partial charge in [0.1, 0.15) is 6.61 Å². The molecule has 0 saturated heterocycles. The number of carbonyl (C=O) groups excluding carboxylic acids is 2. The summed E-state index contributed by atoms with van der Waals surface area (Å²) in [5.74, 6) is -1.49. The lowest BCUT2D eigenvalue weighted by Crippen LogP contribution is -2.50. The van der Waals surface area contributed by atoms with E-state index in [1.807, 2.05) is 21.1 Å². The minimum Gasteiger partial charge on any atom is -0.477 e. The van der Waals surface area contributed by atoms with Crippen LogP contribution in [0.3, 0.4) is 0 Å². The molecule has 2 unspecified atom stereocenters. The fourth-order valence-electron chi connectivity index (χ4n) is 7.70. The molecule has 0 aromatic carbocycles. The molecule has 66 heavy (non-hydrogen) atoms. The molecule has 2 atom stereocenters. The molecular formula is C58H102NO7+. The molecule has 0 aromatic rings. The first-order valence-electron chi connectivity index (χ1n) is 27.0. The summed E-state index contributed by atoms with van der Waals surface area (Å²) in [6, 6.07) is -0.623. The molecule has 0 radical (unpaired) electrons. The van der Waals surface area contributed by atoms with Crippen molar-refractivity contribution in [2.24, 2.45) is 0 Å². The number of esters is 2. The molecule has 8 nitrogen and oxygen atoms in total. The van der Waals surface area contributed by atoms with Crippen LogP contribution in [0.5, 0.6) is 0 Å². The largest absolute Gasteiger partial charge is 0.477 e. The Labute approximate surface area is 406 Å². The van der Waals surface area contributed by atoms with Gasteiger partial charge in [-0.1, -0.05) is 196 Å². The standard InChI is InChI=1S/C58H101NO7/c1-6-8-10-12-14-16-18-20-22-24-26-27-28-29-31-32-34-36-38-40-42-44-46-48-56(60)65-53-54(52-64-51-50-55(58(62)63)59(3,4)5)66-57(61)49-47-45-43-41-39-37-35-33-30-25-23-21-19-17-15-13-11-9-7-2/h9,11,15,17,21,23,26-27,29-31,33,54-55H,6-8,10,12-14,16,18-20,22,24-25,28,32,34-53H2,1-5H3/p+1/b11-9+,17-15+,23-21+,27-26+,31-29+,33-30+. The summed E-state index contributed by atoms with van der Waals surface area (Å²) >= 11 is 0. The molecule has 0 heterocycles. The summed E-state index contributed by atoms with van der Waals surface area (Å²) in [4.78, 5) is 37.2. The zero-order chi connectivity index (χ0) is 48.4. The Balaban J connectivity index is 4.26. The van der Waals surface area contributed by atoms with Gasteiger partial charge in [-0.2, -0.15) is 0 Å². The van der Waals surface area contributed by atoms with Crippen molar-refractivity contribution in [1.29, 1.82) is 0 Å². The molecule has 0 aliphatic carbocycles. The summed E-state index contributed by atoms with van der Waals surface area (Å²) in [6.45, 7) is 4.61. The van der Waals surface area contributed by atoms with Gasteiger partial charge in [-0.15, -0.1) is 0 Å². The van der Waals surface area contributed by atoms with E-state index in [9.17, 15) is 19.5 Å². The van der Waals surface area contributed by atoms with Crippen molar-refractivity contribution in [3.8, 4) is 0 Å². The predicted molar refractivity (Wildman–Crippen MR) is 280 cm³/mol. The van der Waals surface area contributed by atoms with Crippen LogP contribution >= 0.6 is 0 Å². The topological polar surface area (TPSA) is 99.1 Å². The van der Waals surface area contributed by atoms with E-state index in [4.69, 9.17) is 14.2 Å². The molecule has 0 spiro atoms. The molecule has 380 valence electrons. The van der Waals surface area contributed by atoms with Gasteiger partial charge in [0.05, 0.1) is 34.4 Å². The Morgan fingerprint density at radius 2 is 0.848 bits per heavy atom. The molecule has 0 bridgehead atoms. The number of ether oxygens (including phenoxy) is 3. The maximum Gasteiger partial charge on any atom is 0.362 e. The van der Waals surface area contributed by atoms with Crippen LogP contribution in [0.2, 0.25) is 0 Å². The SMILES string of the molecule is CC/C=C/C/C=C/C/C=C/C/C=C/CCCCCCCCC(=O)OC(COCCC(C(=O)O)[N+](C)(C)C)COC(=O)CCCCCCCCC/C=C/C/C=C/CCCCCCCCCCC. The Morgan fingerprint density at radius 1 is 0.470 bits per heavy atom. The first-order valence-corrected chi connectivity index (χ1v) is 27.0. The summed E-state index contributed by atoms with van der Waals surface area (Å²) in [5.41, 5.74) is 0. The van der Waals surface area contributed by atoms with Gasteiger partial charge in [0.2, 0.25) is 0 Å². The summed E-state index contributed by atoms with van der Waals surface area (Å²) < 4.78 is 17.4. The molecular weight excluding hydrogens is 823 g/mol. The number of hydrogen-bond donors (Lipinski definition) is 1. The molecule has 1 N–H and O–H groups in total. The monoisotopic (exact) mass is 925 g/mol. The highest BCUT2D eigenvalue weighted by Crippen LogP contribution is 2.15. The second-order valence-corrected chi connectivity index (χ2v) is 19.1. The van der Waals surface area contributed by atoms with E-state index < -0.39 is 18.1 Å². The van der Waals surface area contributed by atoms with E-state index in [0.717, 1.165) is 89.9 Å².